The summed E-state index contributed by atoms with van der Waals surface area (Å²) in [7, 11) is 3.22. The lowest BCUT2D eigenvalue weighted by Gasteiger charge is -2.11. The van der Waals surface area contributed by atoms with Crippen molar-refractivity contribution < 1.29 is 14.3 Å². The highest BCUT2D eigenvalue weighted by Gasteiger charge is 2.16. The number of nitrogens with one attached hydrogen (secondary N) is 1. The SMILES string of the molecule is COC(=O)c1ccc(NC(=O)CCc2c(C)nc3c(c(C)nn3C)c2C)cc1. The maximum absolute atomic E-state index is 12.4. The molecule has 28 heavy (non-hydrogen) atoms. The third-order valence-electron chi connectivity index (χ3n) is 4.92. The van der Waals surface area contributed by atoms with E-state index < -0.39 is 5.97 Å². The number of hydrogen-bond acceptors (Lipinski definition) is 5. The predicted molar refractivity (Wildman–Crippen MR) is 107 cm³/mol. The number of carbonyl (C=O) groups excluding carboxylic acids is 2. The van der Waals surface area contributed by atoms with Gasteiger partial charge in [0.05, 0.1) is 18.4 Å². The van der Waals surface area contributed by atoms with E-state index in [1.54, 1.807) is 28.9 Å². The number of esters is 1. The van der Waals surface area contributed by atoms with Crippen LogP contribution in [0.1, 0.15) is 39.3 Å². The molecule has 0 aliphatic carbocycles. The van der Waals surface area contributed by atoms with Crippen LogP contribution >= 0.6 is 0 Å². The van der Waals surface area contributed by atoms with Gasteiger partial charge in [0.1, 0.15) is 0 Å². The molecule has 0 aliphatic rings. The van der Waals surface area contributed by atoms with E-state index in [9.17, 15) is 9.59 Å². The zero-order chi connectivity index (χ0) is 20.4. The first-order chi connectivity index (χ1) is 13.3. The van der Waals surface area contributed by atoms with E-state index in [1.807, 2.05) is 20.9 Å². The van der Waals surface area contributed by atoms with Gasteiger partial charge in [0.2, 0.25) is 5.91 Å². The van der Waals surface area contributed by atoms with Gasteiger partial charge in [0.25, 0.3) is 0 Å². The van der Waals surface area contributed by atoms with Crippen molar-refractivity contribution in [1.82, 2.24) is 14.8 Å². The molecule has 7 nitrogen and oxygen atoms in total. The summed E-state index contributed by atoms with van der Waals surface area (Å²) in [6.45, 7) is 6.00. The van der Waals surface area contributed by atoms with Gasteiger partial charge in [-0.25, -0.2) is 9.78 Å². The van der Waals surface area contributed by atoms with E-state index in [1.165, 1.54) is 7.11 Å². The lowest BCUT2D eigenvalue weighted by molar-refractivity contribution is -0.116. The highest BCUT2D eigenvalue weighted by molar-refractivity contribution is 5.93. The summed E-state index contributed by atoms with van der Waals surface area (Å²) in [5, 5.41) is 8.37. The van der Waals surface area contributed by atoms with Crippen LogP contribution < -0.4 is 5.32 Å². The molecule has 0 spiro atoms. The van der Waals surface area contributed by atoms with Crippen LogP contribution in [0.5, 0.6) is 0 Å². The van der Waals surface area contributed by atoms with Crippen LogP contribution in [0.3, 0.4) is 0 Å². The lowest BCUT2D eigenvalue weighted by atomic mass is 9.99. The summed E-state index contributed by atoms with van der Waals surface area (Å²) in [6.07, 6.45) is 0.938. The van der Waals surface area contributed by atoms with Gasteiger partial charge in [0.15, 0.2) is 5.65 Å². The summed E-state index contributed by atoms with van der Waals surface area (Å²) in [6, 6.07) is 6.62. The van der Waals surface area contributed by atoms with Crippen molar-refractivity contribution in [2.45, 2.75) is 33.6 Å². The molecule has 0 aliphatic heterocycles. The Hall–Kier alpha value is -3.22. The zero-order valence-electron chi connectivity index (χ0n) is 16.8. The standard InChI is InChI=1S/C21H24N4O3/c1-12-17(13(2)22-20-19(12)14(3)24-25(20)4)10-11-18(26)23-16-8-6-15(7-9-16)21(27)28-5/h6-9H,10-11H2,1-5H3,(H,23,26). The Balaban J connectivity index is 1.71. The van der Waals surface area contributed by atoms with E-state index in [0.717, 1.165) is 33.5 Å². The van der Waals surface area contributed by atoms with E-state index in [-0.39, 0.29) is 5.91 Å². The topological polar surface area (TPSA) is 86.1 Å². The third-order valence-corrected chi connectivity index (χ3v) is 4.92. The van der Waals surface area contributed by atoms with Gasteiger partial charge >= 0.3 is 5.97 Å². The van der Waals surface area contributed by atoms with Crippen molar-refractivity contribution >= 4 is 28.6 Å². The molecule has 146 valence electrons. The molecular weight excluding hydrogens is 356 g/mol. The second kappa shape index (κ2) is 7.80. The second-order valence-corrected chi connectivity index (χ2v) is 6.83. The van der Waals surface area contributed by atoms with Gasteiger partial charge in [-0.05, 0) is 62.6 Å². The molecule has 0 saturated heterocycles. The monoisotopic (exact) mass is 380 g/mol. The van der Waals surface area contributed by atoms with Crippen LogP contribution in [0.4, 0.5) is 5.69 Å². The van der Waals surface area contributed by atoms with Crippen LogP contribution in [0, 0.1) is 20.8 Å². The largest absolute Gasteiger partial charge is 0.465 e. The summed E-state index contributed by atoms with van der Waals surface area (Å²) < 4.78 is 6.46. The summed E-state index contributed by atoms with van der Waals surface area (Å²) in [5.74, 6) is -0.495. The number of aromatic nitrogens is 3. The van der Waals surface area contributed by atoms with Gasteiger partial charge in [0, 0.05) is 30.2 Å². The minimum Gasteiger partial charge on any atom is -0.465 e. The molecule has 0 atom stereocenters. The second-order valence-electron chi connectivity index (χ2n) is 6.83. The average Bonchev–Trinajstić information content (AvgIpc) is 2.95. The van der Waals surface area contributed by atoms with Crippen molar-refractivity contribution in [3.63, 3.8) is 0 Å². The van der Waals surface area contributed by atoms with Gasteiger partial charge in [-0.3, -0.25) is 9.48 Å². The Bertz CT molecular complexity index is 1050. The molecule has 7 heteroatoms. The summed E-state index contributed by atoms with van der Waals surface area (Å²) >= 11 is 0. The maximum Gasteiger partial charge on any atom is 0.337 e. The van der Waals surface area contributed by atoms with Crippen molar-refractivity contribution in [3.05, 3.63) is 52.3 Å². The quantitative estimate of drug-likeness (QED) is 0.687. The smallest absolute Gasteiger partial charge is 0.337 e. The fourth-order valence-corrected chi connectivity index (χ4v) is 3.50. The Morgan fingerprint density at radius 1 is 1.11 bits per heavy atom. The van der Waals surface area contributed by atoms with Crippen LogP contribution in [0.25, 0.3) is 11.0 Å². The van der Waals surface area contributed by atoms with Crippen molar-refractivity contribution in [2.75, 3.05) is 12.4 Å². The van der Waals surface area contributed by atoms with Crippen molar-refractivity contribution in [3.8, 4) is 0 Å². The number of hydrogen-bond donors (Lipinski definition) is 1. The minimum absolute atomic E-state index is 0.0902. The number of methoxy groups -OCH3 is 1. The molecular formula is C21H24N4O3. The Morgan fingerprint density at radius 3 is 2.43 bits per heavy atom. The van der Waals surface area contributed by atoms with Crippen LogP contribution in [-0.4, -0.2) is 33.8 Å². The fourth-order valence-electron chi connectivity index (χ4n) is 3.50. The molecule has 2 aromatic heterocycles. The minimum atomic E-state index is -0.405. The average molecular weight is 380 g/mol. The number of rotatable bonds is 5. The van der Waals surface area contributed by atoms with E-state index in [2.05, 4.69) is 27.1 Å². The van der Waals surface area contributed by atoms with Gasteiger partial charge < -0.3 is 10.1 Å². The number of pyridine rings is 1. The first kappa shape index (κ1) is 19.5. The van der Waals surface area contributed by atoms with E-state index in [4.69, 9.17) is 0 Å². The van der Waals surface area contributed by atoms with Crippen LogP contribution in [0.15, 0.2) is 24.3 Å². The molecule has 0 bridgehead atoms. The summed E-state index contributed by atoms with van der Waals surface area (Å²) in [4.78, 5) is 28.5. The normalized spacial score (nSPS) is 10.9. The Labute approximate surface area is 163 Å². The molecule has 3 rings (SSSR count). The molecule has 1 amide bonds. The van der Waals surface area contributed by atoms with Crippen molar-refractivity contribution in [2.24, 2.45) is 7.05 Å². The molecule has 1 N–H and O–H groups in total. The first-order valence-electron chi connectivity index (χ1n) is 9.09. The van der Waals surface area contributed by atoms with Gasteiger partial charge in [-0.15, -0.1) is 0 Å². The Kier molecular flexibility index (Phi) is 5.44. The third kappa shape index (κ3) is 3.74. The molecule has 0 fully saturated rings. The van der Waals surface area contributed by atoms with Gasteiger partial charge in [-0.1, -0.05) is 0 Å². The van der Waals surface area contributed by atoms with Crippen LogP contribution in [0.2, 0.25) is 0 Å². The molecule has 0 unspecified atom stereocenters. The highest BCUT2D eigenvalue weighted by Crippen LogP contribution is 2.26. The number of benzene rings is 1. The number of aryl methyl sites for hydroxylation is 4. The number of ether oxygens (including phenoxy) is 1. The van der Waals surface area contributed by atoms with E-state index in [0.29, 0.717) is 24.1 Å². The highest BCUT2D eigenvalue weighted by atomic mass is 16.5. The Morgan fingerprint density at radius 2 is 1.79 bits per heavy atom. The number of anilines is 1. The lowest BCUT2D eigenvalue weighted by Crippen LogP contribution is -2.13. The summed E-state index contributed by atoms with van der Waals surface area (Å²) in [5.41, 5.74) is 6.03. The zero-order valence-corrected chi connectivity index (χ0v) is 16.8. The number of nitrogens with zero attached hydrogens (tertiary/aromatic N) is 3. The number of amides is 1. The van der Waals surface area contributed by atoms with Crippen molar-refractivity contribution in [1.29, 1.82) is 0 Å². The number of fused-ring (bicyclic) bond motifs is 1. The van der Waals surface area contributed by atoms with Gasteiger partial charge in [-0.2, -0.15) is 5.10 Å². The first-order valence-corrected chi connectivity index (χ1v) is 9.09. The maximum atomic E-state index is 12.4. The number of carbonyl (C=O) groups is 2. The molecule has 3 aromatic rings. The molecule has 0 saturated carbocycles. The van der Waals surface area contributed by atoms with E-state index >= 15 is 0 Å². The molecule has 2 heterocycles. The van der Waals surface area contributed by atoms with Crippen LogP contribution in [-0.2, 0) is 23.0 Å². The molecule has 0 radical (unpaired) electrons. The fraction of sp³-hybridized carbons (Fsp3) is 0.333. The predicted octanol–water partition coefficient (Wildman–Crippen LogP) is 3.25. The molecule has 1 aromatic carbocycles.